The first-order valence-electron chi connectivity index (χ1n) is 9.49. The third kappa shape index (κ3) is 3.72. The van der Waals surface area contributed by atoms with Gasteiger partial charge in [-0.05, 0) is 51.0 Å². The highest BCUT2D eigenvalue weighted by atomic mass is 35.5. The molecule has 0 aliphatic heterocycles. The number of nitrogens with zero attached hydrogens (tertiary/aromatic N) is 2. The Labute approximate surface area is 178 Å². The van der Waals surface area contributed by atoms with E-state index in [1.165, 1.54) is 6.92 Å². The maximum absolute atomic E-state index is 13.3. The van der Waals surface area contributed by atoms with E-state index in [1.54, 1.807) is 25.1 Å². The molecule has 0 atom stereocenters. The number of ketones is 1. The predicted molar refractivity (Wildman–Crippen MR) is 112 cm³/mol. The number of hydrogen-bond donors (Lipinski definition) is 1. The molecule has 0 unspecified atom stereocenters. The van der Waals surface area contributed by atoms with Gasteiger partial charge < -0.3 is 14.3 Å². The van der Waals surface area contributed by atoms with Crippen molar-refractivity contribution < 1.29 is 19.1 Å². The zero-order valence-electron chi connectivity index (χ0n) is 16.9. The minimum absolute atomic E-state index is 0.0223. The van der Waals surface area contributed by atoms with Crippen LogP contribution in [0.2, 0.25) is 5.02 Å². The van der Waals surface area contributed by atoms with Crippen LogP contribution in [0.25, 0.3) is 11.0 Å². The van der Waals surface area contributed by atoms with Crippen LogP contribution in [-0.4, -0.2) is 28.7 Å². The van der Waals surface area contributed by atoms with Crippen molar-refractivity contribution in [2.24, 2.45) is 0 Å². The zero-order chi connectivity index (χ0) is 22.0. The number of carbonyl (C=O) groups excluding carboxylic acids is 1. The van der Waals surface area contributed by atoms with Gasteiger partial charge in [-0.2, -0.15) is 5.26 Å². The highest BCUT2D eigenvalue weighted by Gasteiger charge is 2.28. The number of ether oxygens (including phenoxy) is 1. The molecular weight excluding hydrogens is 408 g/mol. The monoisotopic (exact) mass is 428 g/mol. The van der Waals surface area contributed by atoms with Gasteiger partial charge in [0, 0.05) is 35.7 Å². The van der Waals surface area contributed by atoms with E-state index in [0.717, 1.165) is 4.57 Å². The topological polar surface area (TPSA) is 105 Å². The molecule has 30 heavy (non-hydrogen) atoms. The van der Waals surface area contributed by atoms with Crippen molar-refractivity contribution >= 4 is 28.4 Å². The van der Waals surface area contributed by atoms with Crippen molar-refractivity contribution in [1.82, 2.24) is 4.57 Å². The lowest BCUT2D eigenvalue weighted by Gasteiger charge is -2.15. The number of aryl methyl sites for hydroxylation is 1. The first-order chi connectivity index (χ1) is 14.3. The molecule has 0 radical (unpaired) electrons. The minimum Gasteiger partial charge on any atom is -0.494 e. The van der Waals surface area contributed by atoms with Crippen LogP contribution < -0.4 is 5.56 Å². The van der Waals surface area contributed by atoms with Crippen LogP contribution in [0, 0.1) is 25.2 Å². The largest absolute Gasteiger partial charge is 0.494 e. The summed E-state index contributed by atoms with van der Waals surface area (Å²) in [5.74, 6) is -1.07. The summed E-state index contributed by atoms with van der Waals surface area (Å²) < 4.78 is 12.0. The highest BCUT2D eigenvalue weighted by Crippen LogP contribution is 2.32. The number of pyridine rings is 1. The first-order valence-corrected chi connectivity index (χ1v) is 9.87. The zero-order valence-corrected chi connectivity index (χ0v) is 17.7. The number of halogens is 1. The Bertz CT molecular complexity index is 1230. The number of nitriles is 1. The fourth-order valence-corrected chi connectivity index (χ4v) is 3.59. The third-order valence-corrected chi connectivity index (χ3v) is 5.24. The molecule has 0 bridgehead atoms. The minimum atomic E-state index is -0.645. The number of benzene rings is 1. The molecule has 0 aliphatic carbocycles. The molecule has 8 heteroatoms. The smallest absolute Gasteiger partial charge is 0.271 e. The van der Waals surface area contributed by atoms with E-state index >= 15 is 0 Å². The van der Waals surface area contributed by atoms with Gasteiger partial charge in [0.1, 0.15) is 17.2 Å². The van der Waals surface area contributed by atoms with Crippen molar-refractivity contribution in [1.29, 1.82) is 5.26 Å². The summed E-state index contributed by atoms with van der Waals surface area (Å²) in [5.41, 5.74) is 0.185. The van der Waals surface area contributed by atoms with Gasteiger partial charge in [-0.25, -0.2) is 0 Å². The Hall–Kier alpha value is -3.08. The molecular formula is C22H21ClN2O5. The SMILES string of the molecule is CCOCCCn1c(O)c(C(=O)c2oc3ccc(Cl)cc3c2C)c(C)c(C#N)c1=O. The van der Waals surface area contributed by atoms with Crippen LogP contribution in [0.4, 0.5) is 0 Å². The first kappa shape index (κ1) is 21.6. The Morgan fingerprint density at radius 3 is 2.73 bits per heavy atom. The van der Waals surface area contributed by atoms with Gasteiger partial charge >= 0.3 is 0 Å². The van der Waals surface area contributed by atoms with Gasteiger partial charge in [0.25, 0.3) is 5.56 Å². The van der Waals surface area contributed by atoms with E-state index in [2.05, 4.69) is 0 Å². The quantitative estimate of drug-likeness (QED) is 0.448. The van der Waals surface area contributed by atoms with Crippen LogP contribution in [-0.2, 0) is 11.3 Å². The summed E-state index contributed by atoms with van der Waals surface area (Å²) in [4.78, 5) is 26.0. The van der Waals surface area contributed by atoms with Crippen LogP contribution in [0.5, 0.6) is 5.88 Å². The van der Waals surface area contributed by atoms with Gasteiger partial charge in [-0.1, -0.05) is 11.6 Å². The molecule has 0 aliphatic rings. The maximum Gasteiger partial charge on any atom is 0.271 e. The molecule has 3 aromatic rings. The van der Waals surface area contributed by atoms with E-state index in [0.29, 0.717) is 41.2 Å². The molecule has 2 aromatic heterocycles. The fourth-order valence-electron chi connectivity index (χ4n) is 3.42. The molecule has 1 aromatic carbocycles. The van der Waals surface area contributed by atoms with Crippen molar-refractivity contribution in [3.8, 4) is 11.9 Å². The Kier molecular flexibility index (Phi) is 6.30. The average Bonchev–Trinajstić information content (AvgIpc) is 3.03. The second-order valence-electron chi connectivity index (χ2n) is 6.84. The van der Waals surface area contributed by atoms with Gasteiger partial charge in [-0.15, -0.1) is 0 Å². The molecule has 7 nitrogen and oxygen atoms in total. The molecule has 1 N–H and O–H groups in total. The summed E-state index contributed by atoms with van der Waals surface area (Å²) in [7, 11) is 0. The Morgan fingerprint density at radius 1 is 1.33 bits per heavy atom. The van der Waals surface area contributed by atoms with Gasteiger partial charge in [0.05, 0.1) is 5.56 Å². The van der Waals surface area contributed by atoms with Crippen LogP contribution in [0.3, 0.4) is 0 Å². The lowest BCUT2D eigenvalue weighted by Crippen LogP contribution is -2.27. The molecule has 3 rings (SSSR count). The number of rotatable bonds is 7. The van der Waals surface area contributed by atoms with E-state index in [1.807, 2.05) is 13.0 Å². The summed E-state index contributed by atoms with van der Waals surface area (Å²) in [5, 5.41) is 21.5. The van der Waals surface area contributed by atoms with Crippen molar-refractivity contribution in [3.63, 3.8) is 0 Å². The van der Waals surface area contributed by atoms with Crippen molar-refractivity contribution in [2.45, 2.75) is 33.7 Å². The fraction of sp³-hybridized carbons (Fsp3) is 0.318. The molecule has 2 heterocycles. The molecule has 0 amide bonds. The number of fused-ring (bicyclic) bond motifs is 1. The van der Waals surface area contributed by atoms with E-state index in [4.69, 9.17) is 20.8 Å². The maximum atomic E-state index is 13.3. The lowest BCUT2D eigenvalue weighted by atomic mass is 9.98. The summed E-state index contributed by atoms with van der Waals surface area (Å²) in [6.07, 6.45) is 0.436. The molecule has 0 spiro atoms. The van der Waals surface area contributed by atoms with Crippen LogP contribution in [0.15, 0.2) is 27.4 Å². The van der Waals surface area contributed by atoms with E-state index in [-0.39, 0.29) is 29.0 Å². The van der Waals surface area contributed by atoms with Crippen molar-refractivity contribution in [3.05, 3.63) is 61.6 Å². The highest BCUT2D eigenvalue weighted by molar-refractivity contribution is 6.31. The molecule has 156 valence electrons. The standard InChI is InChI=1S/C22H21ClN2O5/c1-4-29-9-5-8-25-21(27)16(11-24)12(2)18(22(25)28)19(26)20-13(3)15-10-14(23)6-7-17(15)30-20/h6-7,10,28H,4-5,8-9H2,1-3H3. The third-order valence-electron chi connectivity index (χ3n) is 5.01. The number of carbonyl (C=O) groups is 1. The lowest BCUT2D eigenvalue weighted by molar-refractivity contribution is 0.100. The van der Waals surface area contributed by atoms with Crippen LogP contribution in [0.1, 0.15) is 46.2 Å². The molecule has 0 saturated carbocycles. The summed E-state index contributed by atoms with van der Waals surface area (Å²) in [6, 6.07) is 6.85. The number of hydrogen-bond acceptors (Lipinski definition) is 6. The molecule has 0 fully saturated rings. The summed E-state index contributed by atoms with van der Waals surface area (Å²) in [6.45, 7) is 6.04. The molecule has 0 saturated heterocycles. The summed E-state index contributed by atoms with van der Waals surface area (Å²) >= 11 is 6.04. The number of aromatic hydroxyl groups is 1. The van der Waals surface area contributed by atoms with Gasteiger partial charge in [-0.3, -0.25) is 14.2 Å². The predicted octanol–water partition coefficient (Wildman–Crippen LogP) is 4.10. The van der Waals surface area contributed by atoms with Crippen LogP contribution >= 0.6 is 11.6 Å². The number of furan rings is 1. The normalized spacial score (nSPS) is 11.0. The number of aromatic nitrogens is 1. The average molecular weight is 429 g/mol. The second-order valence-corrected chi connectivity index (χ2v) is 7.28. The van der Waals surface area contributed by atoms with E-state index < -0.39 is 17.2 Å². The Balaban J connectivity index is 2.15. The van der Waals surface area contributed by atoms with E-state index in [9.17, 15) is 20.0 Å². The second kappa shape index (κ2) is 8.74. The van der Waals surface area contributed by atoms with Gasteiger partial charge in [0.15, 0.2) is 5.76 Å². The van der Waals surface area contributed by atoms with Crippen molar-refractivity contribution in [2.75, 3.05) is 13.2 Å². The Morgan fingerprint density at radius 2 is 2.07 bits per heavy atom. The van der Waals surface area contributed by atoms with Gasteiger partial charge in [0.2, 0.25) is 11.7 Å².